The third kappa shape index (κ3) is 2.32. The molecule has 19 heavy (non-hydrogen) atoms. The standard InChI is InChI=1S/C14H17FN4/c1-9-5-10(6-9)8-19-13(16)7-12(18-19)11-3-2-4-17-14(11)15/h2-4,7,9-10H,5-6,8,16H2,1H3. The van der Waals surface area contributed by atoms with Crippen LogP contribution in [0, 0.1) is 17.8 Å². The van der Waals surface area contributed by atoms with Gasteiger partial charge in [0.1, 0.15) is 5.82 Å². The highest BCUT2D eigenvalue weighted by atomic mass is 19.1. The molecule has 3 rings (SSSR count). The molecule has 1 saturated carbocycles. The first-order chi connectivity index (χ1) is 9.13. The van der Waals surface area contributed by atoms with Crippen LogP contribution in [0.15, 0.2) is 24.4 Å². The predicted octanol–water partition coefficient (Wildman–Crippen LogP) is 2.71. The van der Waals surface area contributed by atoms with E-state index in [9.17, 15) is 4.39 Å². The van der Waals surface area contributed by atoms with Gasteiger partial charge in [-0.2, -0.15) is 9.49 Å². The summed E-state index contributed by atoms with van der Waals surface area (Å²) in [5.41, 5.74) is 6.90. The summed E-state index contributed by atoms with van der Waals surface area (Å²) in [6, 6.07) is 5.07. The highest BCUT2D eigenvalue weighted by molar-refractivity contribution is 5.61. The molecule has 100 valence electrons. The Labute approximate surface area is 111 Å². The largest absolute Gasteiger partial charge is 0.384 e. The highest BCUT2D eigenvalue weighted by Crippen LogP contribution is 2.35. The molecule has 2 aromatic heterocycles. The molecule has 0 bridgehead atoms. The Morgan fingerprint density at radius 2 is 2.26 bits per heavy atom. The van der Waals surface area contributed by atoms with Gasteiger partial charge in [-0.1, -0.05) is 6.92 Å². The van der Waals surface area contributed by atoms with Crippen LogP contribution < -0.4 is 5.73 Å². The van der Waals surface area contributed by atoms with Crippen molar-refractivity contribution < 1.29 is 4.39 Å². The molecule has 0 saturated heterocycles. The number of hydrogen-bond donors (Lipinski definition) is 1. The van der Waals surface area contributed by atoms with E-state index < -0.39 is 5.95 Å². The minimum atomic E-state index is -0.510. The zero-order valence-electron chi connectivity index (χ0n) is 10.9. The second-order valence-corrected chi connectivity index (χ2v) is 5.42. The fraction of sp³-hybridized carbons (Fsp3) is 0.429. The van der Waals surface area contributed by atoms with Gasteiger partial charge in [0.2, 0.25) is 5.95 Å². The number of pyridine rings is 1. The Balaban J connectivity index is 1.83. The minimum Gasteiger partial charge on any atom is -0.384 e. The quantitative estimate of drug-likeness (QED) is 0.863. The molecule has 1 fully saturated rings. The summed E-state index contributed by atoms with van der Waals surface area (Å²) in [6.07, 6.45) is 3.86. The predicted molar refractivity (Wildman–Crippen MR) is 71.7 cm³/mol. The van der Waals surface area contributed by atoms with Crippen molar-refractivity contribution in [3.05, 3.63) is 30.3 Å². The number of nitrogen functional groups attached to an aromatic ring is 1. The lowest BCUT2D eigenvalue weighted by Gasteiger charge is -2.32. The lowest BCUT2D eigenvalue weighted by Crippen LogP contribution is -2.26. The SMILES string of the molecule is CC1CC(Cn2nc(-c3cccnc3F)cc2N)C1. The molecule has 0 aliphatic heterocycles. The van der Waals surface area contributed by atoms with Crippen molar-refractivity contribution in [1.82, 2.24) is 14.8 Å². The maximum atomic E-state index is 13.6. The Hall–Kier alpha value is -1.91. The average molecular weight is 260 g/mol. The van der Waals surface area contributed by atoms with Crippen LogP contribution in [0.3, 0.4) is 0 Å². The van der Waals surface area contributed by atoms with Gasteiger partial charge in [0.25, 0.3) is 0 Å². The Bertz CT molecular complexity index is 587. The van der Waals surface area contributed by atoms with Gasteiger partial charge in [-0.15, -0.1) is 0 Å². The van der Waals surface area contributed by atoms with Crippen LogP contribution in [0.2, 0.25) is 0 Å². The lowest BCUT2D eigenvalue weighted by molar-refractivity contribution is 0.183. The van der Waals surface area contributed by atoms with E-state index in [1.54, 1.807) is 22.9 Å². The molecule has 0 radical (unpaired) electrons. The third-order valence-electron chi connectivity index (χ3n) is 3.75. The van der Waals surface area contributed by atoms with Crippen molar-refractivity contribution in [2.75, 3.05) is 5.73 Å². The van der Waals surface area contributed by atoms with Crippen molar-refractivity contribution in [2.45, 2.75) is 26.3 Å². The number of nitrogens with zero attached hydrogens (tertiary/aromatic N) is 3. The van der Waals surface area contributed by atoms with Crippen LogP contribution in [-0.2, 0) is 6.54 Å². The van der Waals surface area contributed by atoms with E-state index in [1.807, 2.05) is 0 Å². The van der Waals surface area contributed by atoms with Gasteiger partial charge in [0.15, 0.2) is 0 Å². The number of nitrogens with two attached hydrogens (primary N) is 1. The maximum Gasteiger partial charge on any atom is 0.222 e. The van der Waals surface area contributed by atoms with Crippen molar-refractivity contribution in [3.63, 3.8) is 0 Å². The van der Waals surface area contributed by atoms with Crippen LogP contribution in [0.25, 0.3) is 11.3 Å². The highest BCUT2D eigenvalue weighted by Gasteiger charge is 2.26. The summed E-state index contributed by atoms with van der Waals surface area (Å²) in [7, 11) is 0. The summed E-state index contributed by atoms with van der Waals surface area (Å²) in [4.78, 5) is 3.64. The van der Waals surface area contributed by atoms with Crippen LogP contribution in [-0.4, -0.2) is 14.8 Å². The van der Waals surface area contributed by atoms with Crippen molar-refractivity contribution in [2.24, 2.45) is 11.8 Å². The topological polar surface area (TPSA) is 56.7 Å². The van der Waals surface area contributed by atoms with Crippen molar-refractivity contribution in [3.8, 4) is 11.3 Å². The first-order valence-electron chi connectivity index (χ1n) is 6.57. The normalized spacial score (nSPS) is 22.2. The monoisotopic (exact) mass is 260 g/mol. The maximum absolute atomic E-state index is 13.6. The van der Waals surface area contributed by atoms with Gasteiger partial charge in [0.05, 0.1) is 11.3 Å². The fourth-order valence-electron chi connectivity index (χ4n) is 2.75. The van der Waals surface area contributed by atoms with Gasteiger partial charge >= 0.3 is 0 Å². The van der Waals surface area contributed by atoms with Gasteiger partial charge < -0.3 is 5.73 Å². The number of rotatable bonds is 3. The van der Waals surface area contributed by atoms with E-state index in [-0.39, 0.29) is 0 Å². The Morgan fingerprint density at radius 3 is 2.95 bits per heavy atom. The Morgan fingerprint density at radius 1 is 1.47 bits per heavy atom. The second-order valence-electron chi connectivity index (χ2n) is 5.42. The number of aromatic nitrogens is 3. The summed E-state index contributed by atoms with van der Waals surface area (Å²) in [5.74, 6) is 1.52. The molecule has 2 aromatic rings. The van der Waals surface area contributed by atoms with E-state index in [2.05, 4.69) is 17.0 Å². The van der Waals surface area contributed by atoms with Crippen molar-refractivity contribution >= 4 is 5.82 Å². The molecule has 0 amide bonds. The lowest BCUT2D eigenvalue weighted by atomic mass is 9.76. The van der Waals surface area contributed by atoms with E-state index in [0.29, 0.717) is 23.0 Å². The summed E-state index contributed by atoms with van der Waals surface area (Å²) in [6.45, 7) is 3.07. The van der Waals surface area contributed by atoms with Gasteiger partial charge in [0, 0.05) is 18.8 Å². The molecule has 0 unspecified atom stereocenters. The van der Waals surface area contributed by atoms with E-state index in [0.717, 1.165) is 12.5 Å². The van der Waals surface area contributed by atoms with E-state index >= 15 is 0 Å². The van der Waals surface area contributed by atoms with Crippen LogP contribution in [0.4, 0.5) is 10.2 Å². The first kappa shape index (κ1) is 12.1. The number of hydrogen-bond acceptors (Lipinski definition) is 3. The fourth-order valence-corrected chi connectivity index (χ4v) is 2.75. The summed E-state index contributed by atoms with van der Waals surface area (Å²) >= 11 is 0. The summed E-state index contributed by atoms with van der Waals surface area (Å²) in [5, 5.41) is 4.40. The van der Waals surface area contributed by atoms with Crippen LogP contribution in [0.1, 0.15) is 19.8 Å². The number of anilines is 1. The van der Waals surface area contributed by atoms with Gasteiger partial charge in [-0.3, -0.25) is 0 Å². The molecule has 0 spiro atoms. The minimum absolute atomic E-state index is 0.398. The van der Waals surface area contributed by atoms with E-state index in [1.165, 1.54) is 19.0 Å². The molecule has 5 heteroatoms. The molecule has 0 aromatic carbocycles. The molecule has 0 atom stereocenters. The average Bonchev–Trinajstić information content (AvgIpc) is 2.69. The molecule has 1 aliphatic carbocycles. The molecule has 4 nitrogen and oxygen atoms in total. The van der Waals surface area contributed by atoms with Gasteiger partial charge in [-0.25, -0.2) is 9.67 Å². The van der Waals surface area contributed by atoms with Crippen molar-refractivity contribution in [1.29, 1.82) is 0 Å². The molecular formula is C14H17FN4. The first-order valence-corrected chi connectivity index (χ1v) is 6.57. The van der Waals surface area contributed by atoms with Gasteiger partial charge in [-0.05, 0) is 36.8 Å². The summed E-state index contributed by atoms with van der Waals surface area (Å²) < 4.78 is 15.4. The Kier molecular flexibility index (Phi) is 2.97. The van der Waals surface area contributed by atoms with Crippen LogP contribution in [0.5, 0.6) is 0 Å². The molecule has 1 aliphatic rings. The molecular weight excluding hydrogens is 243 g/mol. The number of halogens is 1. The van der Waals surface area contributed by atoms with Crippen LogP contribution >= 0.6 is 0 Å². The van der Waals surface area contributed by atoms with E-state index in [4.69, 9.17) is 5.73 Å². The second kappa shape index (κ2) is 4.64. The smallest absolute Gasteiger partial charge is 0.222 e. The molecule has 2 N–H and O–H groups in total. The third-order valence-corrected chi connectivity index (χ3v) is 3.75. The molecule has 2 heterocycles. The zero-order valence-corrected chi connectivity index (χ0v) is 10.9. The zero-order chi connectivity index (χ0) is 13.4.